The van der Waals surface area contributed by atoms with Gasteiger partial charge in [-0.3, -0.25) is 4.79 Å². The first kappa shape index (κ1) is 18.2. The molecule has 1 fully saturated rings. The zero-order chi connectivity index (χ0) is 16.3. The minimum atomic E-state index is -1.86. The molecule has 0 aromatic carbocycles. The summed E-state index contributed by atoms with van der Waals surface area (Å²) in [7, 11) is -1.86. The maximum atomic E-state index is 12.3. The van der Waals surface area contributed by atoms with E-state index >= 15 is 0 Å². The van der Waals surface area contributed by atoms with Gasteiger partial charge in [0.05, 0.1) is 18.6 Å². The highest BCUT2D eigenvalue weighted by molar-refractivity contribution is 6.74. The van der Waals surface area contributed by atoms with Gasteiger partial charge in [0.1, 0.15) is 0 Å². The predicted octanol–water partition coefficient (Wildman–Crippen LogP) is 4.13. The third-order valence-corrected chi connectivity index (χ3v) is 9.26. The van der Waals surface area contributed by atoms with E-state index in [0.29, 0.717) is 6.42 Å². The molecule has 1 aliphatic rings. The molecule has 1 rings (SSSR count). The van der Waals surface area contributed by atoms with Crippen LogP contribution in [0.25, 0.3) is 0 Å². The lowest BCUT2D eigenvalue weighted by Gasteiger charge is -2.40. The van der Waals surface area contributed by atoms with Crippen molar-refractivity contribution >= 4 is 14.2 Å². The average Bonchev–Trinajstić information content (AvgIpc) is 2.62. The molecule has 3 nitrogen and oxygen atoms in total. The molecule has 0 spiro atoms. The van der Waals surface area contributed by atoms with E-state index < -0.39 is 8.32 Å². The molecule has 0 aromatic rings. The van der Waals surface area contributed by atoms with E-state index in [0.717, 1.165) is 19.4 Å². The van der Waals surface area contributed by atoms with Crippen molar-refractivity contribution in [3.63, 3.8) is 0 Å². The van der Waals surface area contributed by atoms with Gasteiger partial charge in [-0.05, 0) is 31.0 Å². The van der Waals surface area contributed by atoms with E-state index in [1.165, 1.54) is 0 Å². The van der Waals surface area contributed by atoms with Crippen LogP contribution in [0, 0.1) is 0 Å². The third kappa shape index (κ3) is 4.30. The standard InChI is InChI=1S/C17H31NO2Si/c1-8-10-12-18-14(11-9-2)15(13-16(18)19)20-21(6,7)17(3,4)5/h8-9,14-15H,1-2,10-13H2,3-7H3/t14-,15-/m1/s1. The van der Waals surface area contributed by atoms with Gasteiger partial charge >= 0.3 is 0 Å². The van der Waals surface area contributed by atoms with Gasteiger partial charge in [0.15, 0.2) is 8.32 Å². The first-order valence-corrected chi connectivity index (χ1v) is 10.7. The predicted molar refractivity (Wildman–Crippen MR) is 91.8 cm³/mol. The van der Waals surface area contributed by atoms with Gasteiger partial charge in [-0.2, -0.15) is 0 Å². The molecular formula is C17H31NO2Si. The number of hydrogen-bond donors (Lipinski definition) is 0. The summed E-state index contributed by atoms with van der Waals surface area (Å²) in [6.45, 7) is 19.5. The molecule has 0 saturated carbocycles. The summed E-state index contributed by atoms with van der Waals surface area (Å²) in [6, 6.07) is 0.129. The van der Waals surface area contributed by atoms with Gasteiger partial charge in [0.25, 0.3) is 0 Å². The van der Waals surface area contributed by atoms with Crippen molar-refractivity contribution in [2.24, 2.45) is 0 Å². The highest BCUT2D eigenvalue weighted by atomic mass is 28.4. The third-order valence-electron chi connectivity index (χ3n) is 4.76. The van der Waals surface area contributed by atoms with Gasteiger partial charge in [-0.1, -0.05) is 32.9 Å². The van der Waals surface area contributed by atoms with Gasteiger partial charge in [-0.25, -0.2) is 0 Å². The van der Waals surface area contributed by atoms with E-state index in [4.69, 9.17) is 4.43 Å². The molecule has 2 atom stereocenters. The van der Waals surface area contributed by atoms with Crippen LogP contribution < -0.4 is 0 Å². The number of carbonyl (C=O) groups excluding carboxylic acids is 1. The molecule has 0 bridgehead atoms. The van der Waals surface area contributed by atoms with Crippen LogP contribution in [-0.4, -0.2) is 37.8 Å². The van der Waals surface area contributed by atoms with Crippen LogP contribution in [0.15, 0.2) is 25.3 Å². The van der Waals surface area contributed by atoms with Crippen molar-refractivity contribution in [3.8, 4) is 0 Å². The first-order valence-electron chi connectivity index (χ1n) is 7.83. The summed E-state index contributed by atoms with van der Waals surface area (Å²) in [5.74, 6) is 0.201. The number of hydrogen-bond acceptors (Lipinski definition) is 2. The minimum absolute atomic E-state index is 0.00112. The lowest BCUT2D eigenvalue weighted by atomic mass is 10.1. The highest BCUT2D eigenvalue weighted by Gasteiger charge is 2.45. The van der Waals surface area contributed by atoms with Crippen LogP contribution in [0.1, 0.15) is 40.0 Å². The molecule has 1 amide bonds. The topological polar surface area (TPSA) is 29.5 Å². The summed E-state index contributed by atoms with van der Waals surface area (Å²) in [5.41, 5.74) is 0. The number of carbonyl (C=O) groups is 1. The Morgan fingerprint density at radius 2 is 1.95 bits per heavy atom. The molecule has 0 unspecified atom stereocenters. The van der Waals surface area contributed by atoms with Gasteiger partial charge < -0.3 is 9.33 Å². The molecule has 1 heterocycles. The fourth-order valence-corrected chi connectivity index (χ4v) is 3.81. The van der Waals surface area contributed by atoms with E-state index in [1.807, 2.05) is 17.1 Å². The number of likely N-dealkylation sites (tertiary alicyclic amines) is 1. The molecule has 0 N–H and O–H groups in total. The zero-order valence-corrected chi connectivity index (χ0v) is 15.3. The summed E-state index contributed by atoms with van der Waals surface area (Å²) < 4.78 is 6.51. The Bertz CT molecular complexity index is 398. The molecular weight excluding hydrogens is 278 g/mol. The number of amides is 1. The monoisotopic (exact) mass is 309 g/mol. The van der Waals surface area contributed by atoms with Crippen molar-refractivity contribution in [2.45, 2.75) is 70.3 Å². The molecule has 120 valence electrons. The Kier molecular flexibility index (Phi) is 5.99. The lowest BCUT2D eigenvalue weighted by Crippen LogP contribution is -2.47. The average molecular weight is 310 g/mol. The molecule has 0 aliphatic carbocycles. The fourth-order valence-electron chi connectivity index (χ4n) is 2.46. The van der Waals surface area contributed by atoms with Crippen LogP contribution in [0.5, 0.6) is 0 Å². The molecule has 1 aliphatic heterocycles. The molecule has 4 heteroatoms. The second kappa shape index (κ2) is 6.92. The van der Waals surface area contributed by atoms with Crippen molar-refractivity contribution in [2.75, 3.05) is 6.54 Å². The Morgan fingerprint density at radius 3 is 2.43 bits per heavy atom. The second-order valence-electron chi connectivity index (χ2n) is 7.38. The van der Waals surface area contributed by atoms with E-state index in [9.17, 15) is 4.79 Å². The maximum absolute atomic E-state index is 12.3. The van der Waals surface area contributed by atoms with Crippen LogP contribution in [0.4, 0.5) is 0 Å². The summed E-state index contributed by atoms with van der Waals surface area (Å²) >= 11 is 0. The Balaban J connectivity index is 2.88. The van der Waals surface area contributed by atoms with Crippen LogP contribution in [-0.2, 0) is 9.22 Å². The van der Waals surface area contributed by atoms with Crippen LogP contribution >= 0.6 is 0 Å². The first-order chi connectivity index (χ1) is 9.64. The van der Waals surface area contributed by atoms with Gasteiger partial charge in [0, 0.05) is 6.54 Å². The molecule has 0 aromatic heterocycles. The quantitative estimate of drug-likeness (QED) is 0.523. The van der Waals surface area contributed by atoms with Crippen molar-refractivity contribution in [3.05, 3.63) is 25.3 Å². The second-order valence-corrected chi connectivity index (χ2v) is 12.1. The molecule has 1 saturated heterocycles. The van der Waals surface area contributed by atoms with Gasteiger partial charge in [0.2, 0.25) is 5.91 Å². The Labute approximate surface area is 131 Å². The van der Waals surface area contributed by atoms with E-state index in [-0.39, 0.29) is 23.1 Å². The summed E-state index contributed by atoms with van der Waals surface area (Å²) in [5, 5.41) is 0.156. The van der Waals surface area contributed by atoms with Gasteiger partial charge in [-0.15, -0.1) is 13.2 Å². The van der Waals surface area contributed by atoms with E-state index in [2.05, 4.69) is 47.0 Å². The molecule has 21 heavy (non-hydrogen) atoms. The molecule has 0 radical (unpaired) electrons. The Hall–Kier alpha value is -0.873. The van der Waals surface area contributed by atoms with Crippen LogP contribution in [0.2, 0.25) is 18.1 Å². The largest absolute Gasteiger partial charge is 0.411 e. The SMILES string of the molecule is C=CCCN1C(=O)C[C@@H](O[Si](C)(C)C(C)(C)C)[C@H]1CC=C. The number of rotatable bonds is 7. The summed E-state index contributed by atoms with van der Waals surface area (Å²) in [6.07, 6.45) is 5.88. The summed E-state index contributed by atoms with van der Waals surface area (Å²) in [4.78, 5) is 14.3. The van der Waals surface area contributed by atoms with E-state index in [1.54, 1.807) is 0 Å². The minimum Gasteiger partial charge on any atom is -0.411 e. The van der Waals surface area contributed by atoms with Crippen molar-refractivity contribution in [1.82, 2.24) is 4.90 Å². The van der Waals surface area contributed by atoms with Crippen LogP contribution in [0.3, 0.4) is 0 Å². The lowest BCUT2D eigenvalue weighted by molar-refractivity contribution is -0.128. The normalized spacial score (nSPS) is 23.5. The fraction of sp³-hybridized carbons (Fsp3) is 0.706. The Morgan fingerprint density at radius 1 is 1.33 bits per heavy atom. The van der Waals surface area contributed by atoms with Crippen molar-refractivity contribution in [1.29, 1.82) is 0 Å². The zero-order valence-electron chi connectivity index (χ0n) is 14.3. The smallest absolute Gasteiger partial charge is 0.225 e. The van der Waals surface area contributed by atoms with Crippen molar-refractivity contribution < 1.29 is 9.22 Å². The maximum Gasteiger partial charge on any atom is 0.225 e. The number of nitrogens with zero attached hydrogens (tertiary/aromatic N) is 1. The highest BCUT2D eigenvalue weighted by Crippen LogP contribution is 2.39.